The number of rotatable bonds is 5. The summed E-state index contributed by atoms with van der Waals surface area (Å²) >= 11 is 0. The van der Waals surface area contributed by atoms with Crippen LogP contribution in [0.5, 0.6) is 0 Å². The zero-order valence-corrected chi connectivity index (χ0v) is 18.4. The maximum atomic E-state index is 12.9. The van der Waals surface area contributed by atoms with Crippen molar-refractivity contribution in [3.05, 3.63) is 59.7 Å². The third kappa shape index (κ3) is 5.89. The number of nitrogens with one attached hydrogen (secondary N) is 3. The minimum absolute atomic E-state index is 0.00233. The zero-order chi connectivity index (χ0) is 25.2. The van der Waals surface area contributed by atoms with Crippen molar-refractivity contribution in [3.63, 3.8) is 0 Å². The summed E-state index contributed by atoms with van der Waals surface area (Å²) in [5.41, 5.74) is 0.0362. The van der Waals surface area contributed by atoms with Gasteiger partial charge in [0.1, 0.15) is 12.2 Å². The fourth-order valence-electron chi connectivity index (χ4n) is 3.87. The first-order chi connectivity index (χ1) is 16.6. The molecule has 2 aliphatic rings. The maximum Gasteiger partial charge on any atom is 0.416 e. The Morgan fingerprint density at radius 3 is 2.34 bits per heavy atom. The molecule has 2 saturated heterocycles. The lowest BCUT2D eigenvalue weighted by Crippen LogP contribution is -2.46. The summed E-state index contributed by atoms with van der Waals surface area (Å²) in [5, 5.41) is 7.66. The van der Waals surface area contributed by atoms with Crippen molar-refractivity contribution < 1.29 is 41.8 Å². The van der Waals surface area contributed by atoms with Gasteiger partial charge in [0.2, 0.25) is 0 Å². The van der Waals surface area contributed by atoms with Crippen LogP contribution in [0.15, 0.2) is 48.5 Å². The highest BCUT2D eigenvalue weighted by Crippen LogP contribution is 2.31. The van der Waals surface area contributed by atoms with Gasteiger partial charge in [-0.05, 0) is 49.4 Å². The highest BCUT2D eigenvalue weighted by molar-refractivity contribution is 5.95. The predicted molar refractivity (Wildman–Crippen MR) is 117 cm³/mol. The van der Waals surface area contributed by atoms with Crippen molar-refractivity contribution in [2.75, 3.05) is 23.8 Å². The molecular weight excluding hydrogens is 471 g/mol. The molecule has 0 radical (unpaired) electrons. The van der Waals surface area contributed by atoms with Crippen LogP contribution in [-0.4, -0.2) is 55.5 Å². The second-order valence-electron chi connectivity index (χ2n) is 8.08. The topological polar surface area (TPSA) is 115 Å². The first-order valence-electron chi connectivity index (χ1n) is 10.7. The Hall–Kier alpha value is -3.64. The average Bonchev–Trinajstić information content (AvgIpc) is 3.37. The molecule has 186 valence electrons. The number of ether oxygens (including phenoxy) is 3. The number of hydrogen-bond donors (Lipinski definition) is 3. The van der Waals surface area contributed by atoms with E-state index in [1.165, 1.54) is 19.1 Å². The first-order valence-corrected chi connectivity index (χ1v) is 10.7. The number of urea groups is 1. The minimum Gasteiger partial charge on any atom is -0.441 e. The number of carbonyl (C=O) groups excluding carboxylic acids is 3. The molecule has 2 aromatic carbocycles. The molecule has 0 spiro atoms. The summed E-state index contributed by atoms with van der Waals surface area (Å²) < 4.78 is 55.2. The van der Waals surface area contributed by atoms with E-state index in [4.69, 9.17) is 14.2 Å². The summed E-state index contributed by atoms with van der Waals surface area (Å²) in [5.74, 6) is -0.0891. The Bertz CT molecular complexity index is 1110. The van der Waals surface area contributed by atoms with E-state index in [1.807, 2.05) is 0 Å². The van der Waals surface area contributed by atoms with E-state index in [1.54, 1.807) is 24.3 Å². The van der Waals surface area contributed by atoms with Crippen molar-refractivity contribution in [2.45, 2.75) is 37.5 Å². The average molecular weight is 493 g/mol. The summed E-state index contributed by atoms with van der Waals surface area (Å²) in [6, 6.07) is 9.54. The molecule has 0 saturated carbocycles. The summed E-state index contributed by atoms with van der Waals surface area (Å²) in [7, 11) is 0. The van der Waals surface area contributed by atoms with Gasteiger partial charge in [-0.2, -0.15) is 13.2 Å². The molecule has 0 aromatic heterocycles. The SMILES string of the molecule is CC(=O)c1ccc(NC(=O)N[C@@H]2CO[C@@H]3[C@@H]2OC[C@H]3OC(=O)Nc2cccc(C(F)(F)F)c2)cc1. The molecule has 0 unspecified atom stereocenters. The monoisotopic (exact) mass is 493 g/mol. The molecule has 2 heterocycles. The number of anilines is 2. The van der Waals surface area contributed by atoms with Gasteiger partial charge in [-0.15, -0.1) is 0 Å². The van der Waals surface area contributed by atoms with E-state index in [2.05, 4.69) is 16.0 Å². The fraction of sp³-hybridized carbons (Fsp3) is 0.348. The summed E-state index contributed by atoms with van der Waals surface area (Å²) in [6.07, 6.45) is -7.53. The number of benzene rings is 2. The van der Waals surface area contributed by atoms with Crippen LogP contribution >= 0.6 is 0 Å². The van der Waals surface area contributed by atoms with Gasteiger partial charge >= 0.3 is 18.3 Å². The van der Waals surface area contributed by atoms with Gasteiger partial charge in [-0.25, -0.2) is 9.59 Å². The number of amides is 3. The van der Waals surface area contributed by atoms with E-state index in [0.717, 1.165) is 12.1 Å². The quantitative estimate of drug-likeness (QED) is 0.546. The summed E-state index contributed by atoms with van der Waals surface area (Å²) in [4.78, 5) is 35.9. The third-order valence-electron chi connectivity index (χ3n) is 5.57. The van der Waals surface area contributed by atoms with Crippen LogP contribution < -0.4 is 16.0 Å². The van der Waals surface area contributed by atoms with Gasteiger partial charge in [-0.1, -0.05) is 6.07 Å². The molecule has 0 bridgehead atoms. The minimum atomic E-state index is -4.54. The highest BCUT2D eigenvalue weighted by atomic mass is 19.4. The molecule has 0 aliphatic carbocycles. The smallest absolute Gasteiger partial charge is 0.416 e. The van der Waals surface area contributed by atoms with E-state index in [0.29, 0.717) is 11.3 Å². The number of carbonyl (C=O) groups is 3. The van der Waals surface area contributed by atoms with Crippen LogP contribution in [0.2, 0.25) is 0 Å². The van der Waals surface area contributed by atoms with Crippen LogP contribution in [0, 0.1) is 0 Å². The van der Waals surface area contributed by atoms with Gasteiger partial charge in [0.05, 0.1) is 24.8 Å². The van der Waals surface area contributed by atoms with E-state index < -0.39 is 48.2 Å². The van der Waals surface area contributed by atoms with Crippen molar-refractivity contribution >= 4 is 29.3 Å². The predicted octanol–water partition coefficient (Wildman–Crippen LogP) is 3.81. The molecule has 2 aliphatic heterocycles. The fourth-order valence-corrected chi connectivity index (χ4v) is 3.87. The van der Waals surface area contributed by atoms with Crippen LogP contribution in [0.1, 0.15) is 22.8 Å². The second kappa shape index (κ2) is 9.92. The zero-order valence-electron chi connectivity index (χ0n) is 18.4. The van der Waals surface area contributed by atoms with Crippen molar-refractivity contribution in [2.24, 2.45) is 0 Å². The number of alkyl halides is 3. The molecular formula is C23H22F3N3O6. The van der Waals surface area contributed by atoms with E-state index >= 15 is 0 Å². The lowest BCUT2D eigenvalue weighted by atomic mass is 10.1. The number of Topliss-reactive ketones (excluding diaryl/α,β-unsaturated/α-hetero) is 1. The third-order valence-corrected chi connectivity index (χ3v) is 5.57. The summed E-state index contributed by atoms with van der Waals surface area (Å²) in [6.45, 7) is 1.55. The largest absolute Gasteiger partial charge is 0.441 e. The van der Waals surface area contributed by atoms with Crippen molar-refractivity contribution in [3.8, 4) is 0 Å². The Kier molecular flexibility index (Phi) is 6.94. The molecule has 4 rings (SSSR count). The Morgan fingerprint density at radius 2 is 1.66 bits per heavy atom. The Labute approximate surface area is 197 Å². The van der Waals surface area contributed by atoms with E-state index in [-0.39, 0.29) is 24.7 Å². The number of ketones is 1. The van der Waals surface area contributed by atoms with Gasteiger partial charge in [0.15, 0.2) is 11.9 Å². The molecule has 2 fully saturated rings. The Balaban J connectivity index is 1.28. The first kappa shape index (κ1) is 24.5. The van der Waals surface area contributed by atoms with Gasteiger partial charge in [-0.3, -0.25) is 10.1 Å². The molecule has 9 nitrogen and oxygen atoms in total. The second-order valence-corrected chi connectivity index (χ2v) is 8.08. The Morgan fingerprint density at radius 1 is 0.943 bits per heavy atom. The standard InChI is InChI=1S/C23H22F3N3O6/c1-12(30)13-5-7-15(8-6-13)27-21(31)29-17-10-33-20-18(11-34-19(17)20)35-22(32)28-16-4-2-3-14(9-16)23(24,25)26/h2-9,17-20H,10-11H2,1H3,(H,28,32)(H2,27,29,31)/t17-,18-,19-,20+/m1/s1. The molecule has 4 atom stereocenters. The number of fused-ring (bicyclic) bond motifs is 1. The van der Waals surface area contributed by atoms with Crippen molar-refractivity contribution in [1.29, 1.82) is 0 Å². The molecule has 35 heavy (non-hydrogen) atoms. The normalized spacial score (nSPS) is 23.3. The van der Waals surface area contributed by atoms with E-state index in [9.17, 15) is 27.6 Å². The maximum absolute atomic E-state index is 12.9. The molecule has 3 amide bonds. The van der Waals surface area contributed by atoms with Gasteiger partial charge < -0.3 is 24.8 Å². The van der Waals surface area contributed by atoms with Crippen LogP contribution in [-0.2, 0) is 20.4 Å². The van der Waals surface area contributed by atoms with Crippen molar-refractivity contribution in [1.82, 2.24) is 5.32 Å². The molecule has 2 aromatic rings. The van der Waals surface area contributed by atoms with Gasteiger partial charge in [0, 0.05) is 16.9 Å². The van der Waals surface area contributed by atoms with Crippen LogP contribution in [0.4, 0.5) is 34.1 Å². The lowest BCUT2D eigenvalue weighted by molar-refractivity contribution is -0.137. The number of hydrogen-bond acceptors (Lipinski definition) is 6. The molecule has 12 heteroatoms. The number of halogens is 3. The highest BCUT2D eigenvalue weighted by Gasteiger charge is 2.50. The lowest BCUT2D eigenvalue weighted by Gasteiger charge is -2.18. The van der Waals surface area contributed by atoms with Crippen LogP contribution in [0.25, 0.3) is 0 Å². The van der Waals surface area contributed by atoms with Gasteiger partial charge in [0.25, 0.3) is 0 Å². The molecule has 3 N–H and O–H groups in total. The van der Waals surface area contributed by atoms with Crippen LogP contribution in [0.3, 0.4) is 0 Å².